The van der Waals surface area contributed by atoms with Crippen molar-refractivity contribution in [1.82, 2.24) is 4.98 Å². The minimum Gasteiger partial charge on any atom is -0.497 e. The van der Waals surface area contributed by atoms with Gasteiger partial charge in [-0.15, -0.1) is 0 Å². The number of nitrogens with zero attached hydrogens (tertiary/aromatic N) is 3. The second kappa shape index (κ2) is 9.45. The maximum absolute atomic E-state index is 10.5. The van der Waals surface area contributed by atoms with Crippen LogP contribution < -0.4 is 4.74 Å². The van der Waals surface area contributed by atoms with Crippen LogP contribution >= 0.6 is 0 Å². The van der Waals surface area contributed by atoms with E-state index < -0.39 is 0 Å². The van der Waals surface area contributed by atoms with Crippen molar-refractivity contribution in [1.29, 1.82) is 0 Å². The van der Waals surface area contributed by atoms with Crippen LogP contribution in [0.15, 0.2) is 94.9 Å². The van der Waals surface area contributed by atoms with Gasteiger partial charge >= 0.3 is 0 Å². The zero-order valence-corrected chi connectivity index (χ0v) is 17.1. The monoisotopic (exact) mass is 419 g/mol. The Morgan fingerprint density at radius 3 is 1.47 bits per heavy atom. The Kier molecular flexibility index (Phi) is 6.10. The molecule has 0 spiro atoms. The number of methoxy groups -OCH3 is 1. The lowest BCUT2D eigenvalue weighted by atomic mass is 9.99. The third-order valence-electron chi connectivity index (χ3n) is 4.92. The summed E-state index contributed by atoms with van der Waals surface area (Å²) < 4.78 is 5.27. The molecule has 0 saturated carbocycles. The normalized spacial score (nSPS) is 10.0. The van der Waals surface area contributed by atoms with Crippen molar-refractivity contribution in [3.05, 3.63) is 84.9 Å². The number of aromatic nitrogens is 1. The van der Waals surface area contributed by atoms with Gasteiger partial charge in [0.1, 0.15) is 5.75 Å². The molecule has 0 amide bonds. The number of hydrogen-bond acceptors (Lipinski definition) is 6. The summed E-state index contributed by atoms with van der Waals surface area (Å²) in [6, 6.07) is 26.2. The number of rotatable bonds is 6. The predicted molar refractivity (Wildman–Crippen MR) is 123 cm³/mol. The van der Waals surface area contributed by atoms with Gasteiger partial charge in [0.05, 0.1) is 29.9 Å². The summed E-state index contributed by atoms with van der Waals surface area (Å²) in [6.45, 7) is 0. The highest BCUT2D eigenvalue weighted by Gasteiger charge is 2.10. The second-order valence-electron chi connectivity index (χ2n) is 6.85. The van der Waals surface area contributed by atoms with Crippen LogP contribution in [0.3, 0.4) is 0 Å². The van der Waals surface area contributed by atoms with Crippen LogP contribution in [-0.2, 0) is 9.59 Å². The molecule has 4 aromatic rings. The topological polar surface area (TPSA) is 81.0 Å². The molecule has 1 aromatic heterocycles. The SMILES string of the molecule is COc1ccc(-c2cc(-c3ccc(N=C=O)cc3)nc(-c3ccc(N=C=O)cc3)c2)cc1. The van der Waals surface area contributed by atoms with Crippen molar-refractivity contribution in [2.24, 2.45) is 9.98 Å². The molecule has 6 heteroatoms. The highest BCUT2D eigenvalue weighted by Crippen LogP contribution is 2.32. The van der Waals surface area contributed by atoms with Crippen LogP contribution in [0.1, 0.15) is 0 Å². The molecule has 1 heterocycles. The molecular weight excluding hydrogens is 402 g/mol. The average molecular weight is 419 g/mol. The van der Waals surface area contributed by atoms with Crippen molar-refractivity contribution >= 4 is 23.5 Å². The first kappa shape index (κ1) is 20.6. The summed E-state index contributed by atoms with van der Waals surface area (Å²) in [5.74, 6) is 0.779. The lowest BCUT2D eigenvalue weighted by molar-refractivity contribution is 0.415. The third kappa shape index (κ3) is 4.58. The molecule has 0 unspecified atom stereocenters. The fraction of sp³-hybridized carbons (Fsp3) is 0.0385. The molecule has 0 aliphatic carbocycles. The second-order valence-corrected chi connectivity index (χ2v) is 6.85. The molecule has 0 fully saturated rings. The molecule has 32 heavy (non-hydrogen) atoms. The Bertz CT molecular complexity index is 1250. The maximum atomic E-state index is 10.5. The molecule has 0 aliphatic rings. The van der Waals surface area contributed by atoms with Gasteiger partial charge in [-0.25, -0.2) is 14.6 Å². The van der Waals surface area contributed by atoms with Crippen LogP contribution in [0.2, 0.25) is 0 Å². The molecule has 0 radical (unpaired) electrons. The first-order valence-electron chi connectivity index (χ1n) is 9.73. The zero-order chi connectivity index (χ0) is 22.3. The number of hydrogen-bond donors (Lipinski definition) is 0. The van der Waals surface area contributed by atoms with E-state index >= 15 is 0 Å². The van der Waals surface area contributed by atoms with E-state index in [2.05, 4.69) is 9.98 Å². The first-order chi connectivity index (χ1) is 15.7. The van der Waals surface area contributed by atoms with Crippen LogP contribution in [0.5, 0.6) is 5.75 Å². The van der Waals surface area contributed by atoms with Crippen molar-refractivity contribution in [3.8, 4) is 39.4 Å². The number of pyridine rings is 1. The van der Waals surface area contributed by atoms with E-state index in [1.54, 1.807) is 43.5 Å². The van der Waals surface area contributed by atoms with Crippen molar-refractivity contribution in [3.63, 3.8) is 0 Å². The van der Waals surface area contributed by atoms with E-state index in [0.29, 0.717) is 11.4 Å². The van der Waals surface area contributed by atoms with Crippen LogP contribution in [0, 0.1) is 0 Å². The Balaban J connectivity index is 1.83. The highest BCUT2D eigenvalue weighted by molar-refractivity contribution is 5.77. The van der Waals surface area contributed by atoms with E-state index in [1.165, 1.54) is 0 Å². The molecule has 0 saturated heterocycles. The van der Waals surface area contributed by atoms with Crippen molar-refractivity contribution < 1.29 is 14.3 Å². The molecular formula is C26H17N3O3. The van der Waals surface area contributed by atoms with Crippen molar-refractivity contribution in [2.75, 3.05) is 7.11 Å². The Hall–Kier alpha value is -4.63. The molecule has 0 bridgehead atoms. The fourth-order valence-electron chi connectivity index (χ4n) is 3.30. The molecule has 0 atom stereocenters. The number of benzene rings is 3. The summed E-state index contributed by atoms with van der Waals surface area (Å²) in [6.07, 6.45) is 3.09. The molecule has 6 nitrogen and oxygen atoms in total. The van der Waals surface area contributed by atoms with Gasteiger partial charge in [0.2, 0.25) is 12.2 Å². The van der Waals surface area contributed by atoms with Crippen LogP contribution in [-0.4, -0.2) is 24.3 Å². The van der Waals surface area contributed by atoms with Crippen LogP contribution in [0.25, 0.3) is 33.6 Å². The minimum atomic E-state index is 0.529. The van der Waals surface area contributed by atoms with E-state index in [4.69, 9.17) is 9.72 Å². The molecule has 4 rings (SSSR count). The molecule has 0 aliphatic heterocycles. The number of ether oxygens (including phenoxy) is 1. The van der Waals surface area contributed by atoms with Crippen molar-refractivity contribution in [2.45, 2.75) is 0 Å². The zero-order valence-electron chi connectivity index (χ0n) is 17.1. The Morgan fingerprint density at radius 1 is 0.625 bits per heavy atom. The Morgan fingerprint density at radius 2 is 1.06 bits per heavy atom. The van der Waals surface area contributed by atoms with E-state index in [1.807, 2.05) is 60.7 Å². The van der Waals surface area contributed by atoms with E-state index in [9.17, 15) is 9.59 Å². The maximum Gasteiger partial charge on any atom is 0.240 e. The summed E-state index contributed by atoms with van der Waals surface area (Å²) in [5, 5.41) is 0. The fourth-order valence-corrected chi connectivity index (χ4v) is 3.30. The lowest BCUT2D eigenvalue weighted by Crippen LogP contribution is -1.91. The lowest BCUT2D eigenvalue weighted by Gasteiger charge is -2.11. The first-order valence-corrected chi connectivity index (χ1v) is 9.73. The number of carbonyl (C=O) groups excluding carboxylic acids is 2. The Labute approximate surface area is 184 Å². The van der Waals surface area contributed by atoms with Gasteiger partial charge in [-0.2, -0.15) is 9.98 Å². The number of aliphatic imine (C=N–C) groups is 2. The highest BCUT2D eigenvalue weighted by atomic mass is 16.5. The largest absolute Gasteiger partial charge is 0.497 e. The van der Waals surface area contributed by atoms with Gasteiger partial charge < -0.3 is 4.74 Å². The van der Waals surface area contributed by atoms with E-state index in [0.717, 1.165) is 39.4 Å². The number of isocyanates is 2. The average Bonchev–Trinajstić information content (AvgIpc) is 2.85. The van der Waals surface area contributed by atoms with Gasteiger partial charge in [-0.05, 0) is 59.7 Å². The van der Waals surface area contributed by atoms with Gasteiger partial charge in [0.25, 0.3) is 0 Å². The standard InChI is InChI=1S/C26H17N3O3/c1-32-24-12-6-18(7-13-24)21-14-25(19-2-8-22(9-3-19)27-16-30)29-26(15-21)20-4-10-23(11-5-20)28-17-31/h2-15H,1H3. The quantitative estimate of drug-likeness (QED) is 0.282. The summed E-state index contributed by atoms with van der Waals surface area (Å²) in [4.78, 5) is 33.1. The molecule has 0 N–H and O–H groups in total. The third-order valence-corrected chi connectivity index (χ3v) is 4.92. The van der Waals surface area contributed by atoms with Crippen LogP contribution in [0.4, 0.5) is 11.4 Å². The van der Waals surface area contributed by atoms with Gasteiger partial charge in [0.15, 0.2) is 0 Å². The molecule has 3 aromatic carbocycles. The summed E-state index contributed by atoms with van der Waals surface area (Å²) in [5.41, 5.74) is 6.36. The van der Waals surface area contributed by atoms with E-state index in [-0.39, 0.29) is 0 Å². The van der Waals surface area contributed by atoms with Gasteiger partial charge in [0, 0.05) is 11.1 Å². The summed E-state index contributed by atoms with van der Waals surface area (Å²) >= 11 is 0. The summed E-state index contributed by atoms with van der Waals surface area (Å²) in [7, 11) is 1.63. The minimum absolute atomic E-state index is 0.529. The van der Waals surface area contributed by atoms with Gasteiger partial charge in [-0.1, -0.05) is 36.4 Å². The molecule has 154 valence electrons. The van der Waals surface area contributed by atoms with Gasteiger partial charge in [-0.3, -0.25) is 0 Å². The smallest absolute Gasteiger partial charge is 0.240 e. The predicted octanol–water partition coefficient (Wildman–Crippen LogP) is 6.03.